The molecule has 1 aliphatic heterocycles. The molecular weight excluding hydrogens is 318 g/mol. The second-order valence-electron chi connectivity index (χ2n) is 6.07. The predicted molar refractivity (Wildman–Crippen MR) is 99.3 cm³/mol. The third-order valence-electron chi connectivity index (χ3n) is 4.26. The fourth-order valence-electron chi connectivity index (χ4n) is 2.74. The molecule has 4 nitrogen and oxygen atoms in total. The van der Waals surface area contributed by atoms with Gasteiger partial charge < -0.3 is 10.1 Å². The minimum atomic E-state index is 0.690. The molecule has 2 aromatic rings. The van der Waals surface area contributed by atoms with Crippen molar-refractivity contribution in [1.82, 2.24) is 9.80 Å². The van der Waals surface area contributed by atoms with Crippen LogP contribution in [0.3, 0.4) is 0 Å². The number of hydrogen-bond donors (Lipinski definition) is 1. The summed E-state index contributed by atoms with van der Waals surface area (Å²) >= 11 is 1.73. The average molecular weight is 341 g/mol. The van der Waals surface area contributed by atoms with E-state index in [4.69, 9.17) is 0 Å². The molecular formula is C19H23N3OS. The fraction of sp³-hybridized carbons (Fsp3) is 0.316. The lowest BCUT2D eigenvalue weighted by atomic mass is 10.1. The van der Waals surface area contributed by atoms with Crippen LogP contribution in [0.15, 0.2) is 69.5 Å². The molecule has 2 aromatic carbocycles. The van der Waals surface area contributed by atoms with Gasteiger partial charge in [0.25, 0.3) is 0 Å². The first-order valence-electron chi connectivity index (χ1n) is 8.20. The summed E-state index contributed by atoms with van der Waals surface area (Å²) in [5.74, 6) is 0. The Labute approximate surface area is 147 Å². The predicted octanol–water partition coefficient (Wildman–Crippen LogP) is 3.26. The summed E-state index contributed by atoms with van der Waals surface area (Å²) in [7, 11) is 2.14. The number of likely N-dealkylation sites (N-methyl/N-ethyl adjacent to an activating group) is 1. The molecule has 0 saturated carbocycles. The van der Waals surface area contributed by atoms with E-state index in [1.165, 1.54) is 9.79 Å². The standard InChI is InChI=1S/C19H23N3OS/c1-21-11-13-22(14-12-21)15-19(20-23)16-7-9-18(10-8-16)24-17-5-3-2-4-6-17/h2-10,23H,11-15H2,1H3. The quantitative estimate of drug-likeness (QED) is 0.515. The van der Waals surface area contributed by atoms with Crippen LogP contribution in [0.25, 0.3) is 0 Å². The zero-order valence-electron chi connectivity index (χ0n) is 13.9. The fourth-order valence-corrected chi connectivity index (χ4v) is 3.58. The SMILES string of the molecule is CN1CCN(CC(=NO)c2ccc(Sc3ccccc3)cc2)CC1. The number of rotatable bonds is 5. The molecule has 0 aliphatic carbocycles. The minimum Gasteiger partial charge on any atom is -0.411 e. The van der Waals surface area contributed by atoms with Gasteiger partial charge in [0.15, 0.2) is 0 Å². The maximum atomic E-state index is 9.41. The van der Waals surface area contributed by atoms with Gasteiger partial charge in [-0.25, -0.2) is 0 Å². The van der Waals surface area contributed by atoms with Gasteiger partial charge in [-0.3, -0.25) is 4.90 Å². The van der Waals surface area contributed by atoms with Gasteiger partial charge in [0, 0.05) is 48.1 Å². The highest BCUT2D eigenvalue weighted by atomic mass is 32.2. The molecule has 5 heteroatoms. The minimum absolute atomic E-state index is 0.690. The van der Waals surface area contributed by atoms with Crippen molar-refractivity contribution in [2.24, 2.45) is 5.16 Å². The highest BCUT2D eigenvalue weighted by molar-refractivity contribution is 7.99. The van der Waals surface area contributed by atoms with Crippen LogP contribution < -0.4 is 0 Å². The highest BCUT2D eigenvalue weighted by Crippen LogP contribution is 2.27. The molecule has 0 amide bonds. The molecule has 24 heavy (non-hydrogen) atoms. The van der Waals surface area contributed by atoms with Crippen LogP contribution >= 0.6 is 11.8 Å². The Morgan fingerprint density at radius 2 is 1.58 bits per heavy atom. The number of nitrogens with zero attached hydrogens (tertiary/aromatic N) is 3. The van der Waals surface area contributed by atoms with Crippen LogP contribution in [0, 0.1) is 0 Å². The largest absolute Gasteiger partial charge is 0.411 e. The van der Waals surface area contributed by atoms with E-state index in [1.54, 1.807) is 11.8 Å². The molecule has 0 radical (unpaired) electrons. The molecule has 3 rings (SSSR count). The molecule has 0 unspecified atom stereocenters. The number of oxime groups is 1. The number of hydrogen-bond acceptors (Lipinski definition) is 5. The lowest BCUT2D eigenvalue weighted by molar-refractivity contribution is 0.169. The van der Waals surface area contributed by atoms with Gasteiger partial charge in [-0.1, -0.05) is 47.2 Å². The Morgan fingerprint density at radius 3 is 2.21 bits per heavy atom. The first-order chi connectivity index (χ1) is 11.7. The van der Waals surface area contributed by atoms with Gasteiger partial charge in [0.1, 0.15) is 5.71 Å². The van der Waals surface area contributed by atoms with E-state index in [0.717, 1.165) is 37.5 Å². The van der Waals surface area contributed by atoms with Crippen molar-refractivity contribution in [2.45, 2.75) is 9.79 Å². The summed E-state index contributed by atoms with van der Waals surface area (Å²) in [5.41, 5.74) is 1.71. The maximum absolute atomic E-state index is 9.41. The van der Waals surface area contributed by atoms with Crippen LogP contribution in [-0.4, -0.2) is 60.5 Å². The van der Waals surface area contributed by atoms with E-state index < -0.39 is 0 Å². The van der Waals surface area contributed by atoms with E-state index in [1.807, 2.05) is 30.3 Å². The summed E-state index contributed by atoms with van der Waals surface area (Å²) in [6.45, 7) is 4.83. The molecule has 1 aliphatic rings. The molecule has 1 saturated heterocycles. The summed E-state index contributed by atoms with van der Waals surface area (Å²) in [6.07, 6.45) is 0. The van der Waals surface area contributed by atoms with Gasteiger partial charge >= 0.3 is 0 Å². The normalized spacial score (nSPS) is 17.1. The second kappa shape index (κ2) is 8.33. The molecule has 0 bridgehead atoms. The van der Waals surface area contributed by atoms with Gasteiger partial charge in [0.05, 0.1) is 0 Å². The van der Waals surface area contributed by atoms with Crippen LogP contribution in [-0.2, 0) is 0 Å². The molecule has 0 atom stereocenters. The molecule has 1 N–H and O–H groups in total. The maximum Gasteiger partial charge on any atom is 0.101 e. The monoisotopic (exact) mass is 341 g/mol. The van der Waals surface area contributed by atoms with Crippen molar-refractivity contribution in [2.75, 3.05) is 39.8 Å². The van der Waals surface area contributed by atoms with Gasteiger partial charge in [-0.05, 0) is 31.3 Å². The second-order valence-corrected chi connectivity index (χ2v) is 7.21. The molecule has 0 spiro atoms. The molecule has 0 aromatic heterocycles. The van der Waals surface area contributed by atoms with Crippen molar-refractivity contribution in [3.05, 3.63) is 60.2 Å². The van der Waals surface area contributed by atoms with E-state index in [2.05, 4.69) is 46.3 Å². The Morgan fingerprint density at radius 1 is 0.958 bits per heavy atom. The summed E-state index contributed by atoms with van der Waals surface area (Å²) in [5, 5.41) is 13.0. The van der Waals surface area contributed by atoms with E-state index in [0.29, 0.717) is 6.54 Å². The van der Waals surface area contributed by atoms with Crippen LogP contribution in [0.2, 0.25) is 0 Å². The van der Waals surface area contributed by atoms with Crippen molar-refractivity contribution in [3.63, 3.8) is 0 Å². The van der Waals surface area contributed by atoms with Crippen molar-refractivity contribution in [1.29, 1.82) is 0 Å². The average Bonchev–Trinajstić information content (AvgIpc) is 2.63. The number of piperazine rings is 1. The Kier molecular flexibility index (Phi) is 5.91. The van der Waals surface area contributed by atoms with Gasteiger partial charge in [-0.2, -0.15) is 0 Å². The first-order valence-corrected chi connectivity index (χ1v) is 9.01. The third-order valence-corrected chi connectivity index (χ3v) is 5.27. The Bertz CT molecular complexity index is 665. The third kappa shape index (κ3) is 4.60. The first kappa shape index (κ1) is 17.0. The summed E-state index contributed by atoms with van der Waals surface area (Å²) in [4.78, 5) is 7.06. The molecule has 1 heterocycles. The number of benzene rings is 2. The smallest absolute Gasteiger partial charge is 0.101 e. The van der Waals surface area contributed by atoms with Crippen molar-refractivity contribution in [3.8, 4) is 0 Å². The van der Waals surface area contributed by atoms with Crippen LogP contribution in [0.1, 0.15) is 5.56 Å². The topological polar surface area (TPSA) is 39.1 Å². The Balaban J connectivity index is 1.63. The zero-order valence-corrected chi connectivity index (χ0v) is 14.7. The van der Waals surface area contributed by atoms with Crippen LogP contribution in [0.5, 0.6) is 0 Å². The van der Waals surface area contributed by atoms with E-state index >= 15 is 0 Å². The molecule has 126 valence electrons. The Hall–Kier alpha value is -1.82. The van der Waals surface area contributed by atoms with Crippen molar-refractivity contribution < 1.29 is 5.21 Å². The van der Waals surface area contributed by atoms with Gasteiger partial charge in [0.2, 0.25) is 0 Å². The lowest BCUT2D eigenvalue weighted by Gasteiger charge is -2.32. The lowest BCUT2D eigenvalue weighted by Crippen LogP contribution is -2.46. The summed E-state index contributed by atoms with van der Waals surface area (Å²) in [6, 6.07) is 18.6. The summed E-state index contributed by atoms with van der Waals surface area (Å²) < 4.78 is 0. The van der Waals surface area contributed by atoms with Gasteiger partial charge in [-0.15, -0.1) is 0 Å². The van der Waals surface area contributed by atoms with Crippen LogP contribution in [0.4, 0.5) is 0 Å². The zero-order chi connectivity index (χ0) is 16.8. The van der Waals surface area contributed by atoms with Crippen molar-refractivity contribution >= 4 is 17.5 Å². The molecule has 1 fully saturated rings. The highest BCUT2D eigenvalue weighted by Gasteiger charge is 2.16. The van der Waals surface area contributed by atoms with E-state index in [9.17, 15) is 5.21 Å². The van der Waals surface area contributed by atoms with E-state index in [-0.39, 0.29) is 0 Å².